The lowest BCUT2D eigenvalue weighted by molar-refractivity contribution is -0.127. The number of hydrogen-bond acceptors (Lipinski definition) is 6. The number of anilines is 1. The second-order valence-corrected chi connectivity index (χ2v) is 11.1. The molecule has 0 radical (unpaired) electrons. The van der Waals surface area contributed by atoms with Gasteiger partial charge in [-0.1, -0.05) is 19.3 Å². The lowest BCUT2D eigenvalue weighted by Gasteiger charge is -2.36. The summed E-state index contributed by atoms with van der Waals surface area (Å²) in [5, 5.41) is 6.95. The van der Waals surface area contributed by atoms with Gasteiger partial charge >= 0.3 is 5.97 Å². The molecule has 1 aliphatic heterocycles. The first kappa shape index (κ1) is 25.2. The number of likely N-dealkylation sites (tertiary alicyclic amines) is 1. The average molecular weight is 490 g/mol. The third kappa shape index (κ3) is 5.82. The zero-order valence-electron chi connectivity index (χ0n) is 20.6. The van der Waals surface area contributed by atoms with Crippen LogP contribution in [0.15, 0.2) is 0 Å². The van der Waals surface area contributed by atoms with Crippen molar-refractivity contribution in [2.45, 2.75) is 96.6 Å². The van der Waals surface area contributed by atoms with Crippen molar-refractivity contribution in [1.29, 1.82) is 0 Å². The first-order chi connectivity index (χ1) is 16.5. The third-order valence-corrected chi connectivity index (χ3v) is 8.87. The number of amides is 2. The molecule has 2 aliphatic carbocycles. The molecule has 1 saturated heterocycles. The molecule has 3 aliphatic rings. The predicted octanol–water partition coefficient (Wildman–Crippen LogP) is 4.29. The normalized spacial score (nSPS) is 20.9. The Balaban J connectivity index is 1.32. The smallest absolute Gasteiger partial charge is 0.341 e. The highest BCUT2D eigenvalue weighted by Gasteiger charge is 2.32. The van der Waals surface area contributed by atoms with Crippen LogP contribution in [0, 0.1) is 5.92 Å². The molecule has 1 aromatic rings. The van der Waals surface area contributed by atoms with E-state index in [1.54, 1.807) is 6.92 Å². The van der Waals surface area contributed by atoms with Crippen molar-refractivity contribution in [1.82, 2.24) is 10.2 Å². The van der Waals surface area contributed by atoms with E-state index in [4.69, 9.17) is 4.74 Å². The molecule has 2 amide bonds. The first-order valence-electron chi connectivity index (χ1n) is 13.1. The van der Waals surface area contributed by atoms with Crippen molar-refractivity contribution in [3.8, 4) is 0 Å². The number of carbonyl (C=O) groups is 3. The molecule has 2 heterocycles. The van der Waals surface area contributed by atoms with Crippen molar-refractivity contribution >= 4 is 34.1 Å². The molecule has 188 valence electrons. The number of hydrogen-bond donors (Lipinski definition) is 2. The fourth-order valence-electron chi connectivity index (χ4n) is 5.57. The quantitative estimate of drug-likeness (QED) is 0.558. The summed E-state index contributed by atoms with van der Waals surface area (Å²) in [6, 6.07) is -0.107. The standard InChI is InChI=1S/C26H39N3O4S/c1-3-33-26(32)22-20-11-7-8-12-21(20)34-25(22)28-23(30)17(2)29-15-13-19(14-16-29)27-24(31)18-9-5-4-6-10-18/h17-19H,3-16H2,1-2H3,(H,27,31)(H,28,30). The fourth-order valence-corrected chi connectivity index (χ4v) is 6.85. The van der Waals surface area contributed by atoms with Crippen LogP contribution in [0.3, 0.4) is 0 Å². The van der Waals surface area contributed by atoms with Gasteiger partial charge in [0.2, 0.25) is 11.8 Å². The van der Waals surface area contributed by atoms with E-state index in [0.717, 1.165) is 82.9 Å². The largest absolute Gasteiger partial charge is 0.462 e. The molecule has 2 fully saturated rings. The van der Waals surface area contributed by atoms with Crippen LogP contribution in [0.1, 0.15) is 92.4 Å². The van der Waals surface area contributed by atoms with Crippen LogP contribution in [-0.2, 0) is 27.2 Å². The van der Waals surface area contributed by atoms with Gasteiger partial charge in [-0.05, 0) is 70.8 Å². The van der Waals surface area contributed by atoms with Crippen molar-refractivity contribution < 1.29 is 19.1 Å². The number of nitrogens with zero attached hydrogens (tertiary/aromatic N) is 1. The number of esters is 1. The Hall–Kier alpha value is -1.93. The summed E-state index contributed by atoms with van der Waals surface area (Å²) in [4.78, 5) is 41.8. The Morgan fingerprint density at radius 1 is 1.03 bits per heavy atom. The van der Waals surface area contributed by atoms with Gasteiger partial charge in [-0.15, -0.1) is 11.3 Å². The Labute approximate surface area is 207 Å². The average Bonchev–Trinajstić information content (AvgIpc) is 3.22. The number of thiophene rings is 1. The summed E-state index contributed by atoms with van der Waals surface area (Å²) in [5.41, 5.74) is 1.62. The molecule has 0 spiro atoms. The molecule has 1 unspecified atom stereocenters. The molecule has 1 atom stereocenters. The van der Waals surface area contributed by atoms with Gasteiger partial charge in [0.1, 0.15) is 5.00 Å². The summed E-state index contributed by atoms with van der Waals surface area (Å²) in [7, 11) is 0. The van der Waals surface area contributed by atoms with Crippen LogP contribution >= 0.6 is 11.3 Å². The van der Waals surface area contributed by atoms with Crippen LogP contribution in [-0.4, -0.2) is 54.5 Å². The summed E-state index contributed by atoms with van der Waals surface area (Å²) in [5.74, 6) is -0.0213. The number of rotatable bonds is 7. The zero-order valence-corrected chi connectivity index (χ0v) is 21.4. The third-order valence-electron chi connectivity index (χ3n) is 7.67. The molecular formula is C26H39N3O4S. The zero-order chi connectivity index (χ0) is 24.1. The van der Waals surface area contributed by atoms with Gasteiger partial charge in [-0.25, -0.2) is 4.79 Å². The molecule has 1 aromatic heterocycles. The van der Waals surface area contributed by atoms with Crippen molar-refractivity contribution in [3.63, 3.8) is 0 Å². The second-order valence-electron chi connectivity index (χ2n) is 9.95. The van der Waals surface area contributed by atoms with Crippen LogP contribution in [0.5, 0.6) is 0 Å². The van der Waals surface area contributed by atoms with E-state index in [2.05, 4.69) is 15.5 Å². The van der Waals surface area contributed by atoms with Crippen LogP contribution < -0.4 is 10.6 Å². The Morgan fingerprint density at radius 3 is 2.44 bits per heavy atom. The van der Waals surface area contributed by atoms with Gasteiger partial charge in [-0.2, -0.15) is 0 Å². The summed E-state index contributed by atoms with van der Waals surface area (Å²) in [6.45, 7) is 5.59. The monoisotopic (exact) mass is 489 g/mol. The Morgan fingerprint density at radius 2 is 1.74 bits per heavy atom. The van der Waals surface area contributed by atoms with Crippen LogP contribution in [0.2, 0.25) is 0 Å². The lowest BCUT2D eigenvalue weighted by atomic mass is 9.88. The molecule has 0 bridgehead atoms. The minimum absolute atomic E-state index is 0.0890. The van der Waals surface area contributed by atoms with E-state index in [1.807, 2.05) is 6.92 Å². The molecule has 34 heavy (non-hydrogen) atoms. The van der Waals surface area contributed by atoms with Gasteiger partial charge in [0, 0.05) is 29.9 Å². The van der Waals surface area contributed by atoms with E-state index >= 15 is 0 Å². The minimum atomic E-state index is -0.334. The minimum Gasteiger partial charge on any atom is -0.462 e. The SMILES string of the molecule is CCOC(=O)c1c(NC(=O)C(C)N2CCC(NC(=O)C3CCCCC3)CC2)sc2c1CCCC2. The maximum Gasteiger partial charge on any atom is 0.341 e. The second kappa shape index (κ2) is 11.7. The molecule has 1 saturated carbocycles. The Bertz CT molecular complexity index is 885. The van der Waals surface area contributed by atoms with Gasteiger partial charge in [0.15, 0.2) is 0 Å². The van der Waals surface area contributed by atoms with Gasteiger partial charge in [0.25, 0.3) is 0 Å². The highest BCUT2D eigenvalue weighted by atomic mass is 32.1. The number of fused-ring (bicyclic) bond motifs is 1. The summed E-state index contributed by atoms with van der Waals surface area (Å²) >= 11 is 1.53. The van der Waals surface area contributed by atoms with Gasteiger partial charge in [0.05, 0.1) is 18.2 Å². The Kier molecular flexibility index (Phi) is 8.64. The molecule has 7 nitrogen and oxygen atoms in total. The molecular weight excluding hydrogens is 450 g/mol. The van der Waals surface area contributed by atoms with Crippen molar-refractivity contribution in [2.24, 2.45) is 5.92 Å². The number of aryl methyl sites for hydroxylation is 1. The van der Waals surface area contributed by atoms with Crippen LogP contribution in [0.25, 0.3) is 0 Å². The fraction of sp³-hybridized carbons (Fsp3) is 0.731. The topological polar surface area (TPSA) is 87.7 Å². The van der Waals surface area contributed by atoms with Crippen LogP contribution in [0.4, 0.5) is 5.00 Å². The van der Waals surface area contributed by atoms with Gasteiger partial charge < -0.3 is 15.4 Å². The van der Waals surface area contributed by atoms with Crippen molar-refractivity contribution in [2.75, 3.05) is 25.0 Å². The lowest BCUT2D eigenvalue weighted by Crippen LogP contribution is -2.51. The van der Waals surface area contributed by atoms with E-state index in [0.29, 0.717) is 17.2 Å². The van der Waals surface area contributed by atoms with Gasteiger partial charge in [-0.3, -0.25) is 14.5 Å². The van der Waals surface area contributed by atoms with E-state index < -0.39 is 0 Å². The first-order valence-corrected chi connectivity index (χ1v) is 14.0. The molecule has 0 aromatic carbocycles. The highest BCUT2D eigenvalue weighted by Crippen LogP contribution is 2.38. The number of nitrogens with one attached hydrogen (secondary N) is 2. The predicted molar refractivity (Wildman–Crippen MR) is 134 cm³/mol. The maximum absolute atomic E-state index is 13.2. The number of piperidine rings is 1. The summed E-state index contributed by atoms with van der Waals surface area (Å²) in [6.07, 6.45) is 11.3. The van der Waals surface area contributed by atoms with E-state index in [9.17, 15) is 14.4 Å². The summed E-state index contributed by atoms with van der Waals surface area (Å²) < 4.78 is 5.31. The molecule has 4 rings (SSSR count). The maximum atomic E-state index is 13.2. The van der Waals surface area contributed by atoms with E-state index in [-0.39, 0.29) is 35.8 Å². The number of ether oxygens (including phenoxy) is 1. The van der Waals surface area contributed by atoms with Crippen molar-refractivity contribution in [3.05, 3.63) is 16.0 Å². The van der Waals surface area contributed by atoms with E-state index in [1.165, 1.54) is 22.6 Å². The number of carbonyl (C=O) groups excluding carboxylic acids is 3. The molecule has 8 heteroatoms. The highest BCUT2D eigenvalue weighted by molar-refractivity contribution is 7.17. The molecule has 2 N–H and O–H groups in total.